The lowest BCUT2D eigenvalue weighted by molar-refractivity contribution is 0.627. The fourth-order valence-corrected chi connectivity index (χ4v) is 5.80. The van der Waals surface area contributed by atoms with Crippen LogP contribution >= 0.6 is 0 Å². The maximum absolute atomic E-state index is 13.7. The molecule has 46 heavy (non-hydrogen) atoms. The van der Waals surface area contributed by atoms with Gasteiger partial charge in [-0.05, 0) is 95.9 Å². The maximum Gasteiger partial charge on any atom is 0.164 e. The number of nitrogens with zero attached hydrogens (tertiary/aromatic N) is 3. The predicted molar refractivity (Wildman–Crippen MR) is 179 cm³/mol. The molecule has 0 radical (unpaired) electrons. The third kappa shape index (κ3) is 5.10. The number of fused-ring (bicyclic) bond motifs is 3. The average Bonchev–Trinajstić information content (AvgIpc) is 3.46. The molecule has 0 spiro atoms. The summed E-state index contributed by atoms with van der Waals surface area (Å²) in [5.41, 5.74) is 9.04. The van der Waals surface area contributed by atoms with Gasteiger partial charge in [-0.1, -0.05) is 66.7 Å². The van der Waals surface area contributed by atoms with E-state index in [1.165, 1.54) is 24.3 Å². The first-order valence-corrected chi connectivity index (χ1v) is 14.9. The van der Waals surface area contributed by atoms with Crippen molar-refractivity contribution < 1.29 is 13.2 Å². The SMILES string of the molecule is Cc1ccc2c(c1)oc1c(-c3cccc(-c4cccc(-c5nc(-c6ccc(F)cc6)nc(-c6ccc(F)cc6)n5)c4)c3)cccc12. The van der Waals surface area contributed by atoms with Crippen molar-refractivity contribution in [3.05, 3.63) is 151 Å². The predicted octanol–water partition coefficient (Wildman–Crippen LogP) is 10.7. The van der Waals surface area contributed by atoms with Crippen molar-refractivity contribution in [2.24, 2.45) is 0 Å². The van der Waals surface area contributed by atoms with Crippen LogP contribution < -0.4 is 0 Å². The minimum atomic E-state index is -0.349. The Morgan fingerprint density at radius 3 is 1.61 bits per heavy atom. The summed E-state index contributed by atoms with van der Waals surface area (Å²) in [7, 11) is 0. The van der Waals surface area contributed by atoms with E-state index in [1.54, 1.807) is 24.3 Å². The molecule has 0 N–H and O–H groups in total. The molecule has 8 rings (SSSR count). The molecule has 0 saturated carbocycles. The maximum atomic E-state index is 13.7. The van der Waals surface area contributed by atoms with Crippen molar-refractivity contribution in [3.8, 4) is 56.4 Å². The first kappa shape index (κ1) is 27.5. The monoisotopic (exact) mass is 601 g/mol. The molecule has 2 heterocycles. The number of benzene rings is 6. The van der Waals surface area contributed by atoms with Crippen LogP contribution in [0.15, 0.2) is 138 Å². The zero-order valence-corrected chi connectivity index (χ0v) is 24.7. The number of para-hydroxylation sites is 1. The van der Waals surface area contributed by atoms with Crippen molar-refractivity contribution in [1.29, 1.82) is 0 Å². The van der Waals surface area contributed by atoms with Gasteiger partial charge in [0.2, 0.25) is 0 Å². The zero-order chi connectivity index (χ0) is 31.2. The van der Waals surface area contributed by atoms with E-state index in [4.69, 9.17) is 14.4 Å². The smallest absolute Gasteiger partial charge is 0.164 e. The van der Waals surface area contributed by atoms with Crippen LogP contribution in [0.4, 0.5) is 8.78 Å². The highest BCUT2D eigenvalue weighted by atomic mass is 19.1. The van der Waals surface area contributed by atoms with Crippen molar-refractivity contribution in [2.75, 3.05) is 0 Å². The molecule has 0 saturated heterocycles. The molecule has 220 valence electrons. The van der Waals surface area contributed by atoms with Gasteiger partial charge in [0.15, 0.2) is 17.5 Å². The van der Waals surface area contributed by atoms with Gasteiger partial charge in [-0.3, -0.25) is 0 Å². The van der Waals surface area contributed by atoms with Crippen LogP contribution in [-0.4, -0.2) is 15.0 Å². The molecular formula is C40H25F2N3O. The van der Waals surface area contributed by atoms with Crippen molar-refractivity contribution in [3.63, 3.8) is 0 Å². The van der Waals surface area contributed by atoms with E-state index in [0.29, 0.717) is 28.6 Å². The van der Waals surface area contributed by atoms with Crippen molar-refractivity contribution in [2.45, 2.75) is 6.92 Å². The van der Waals surface area contributed by atoms with E-state index < -0.39 is 0 Å². The Labute approximate surface area is 263 Å². The number of rotatable bonds is 5. The minimum Gasteiger partial charge on any atom is -0.455 e. The summed E-state index contributed by atoms with van der Waals surface area (Å²) in [6, 6.07) is 41.0. The fourth-order valence-electron chi connectivity index (χ4n) is 5.80. The molecule has 4 nitrogen and oxygen atoms in total. The lowest BCUT2D eigenvalue weighted by Gasteiger charge is -2.10. The molecule has 2 aromatic heterocycles. The second kappa shape index (κ2) is 11.2. The molecule has 0 atom stereocenters. The second-order valence-electron chi connectivity index (χ2n) is 11.3. The van der Waals surface area contributed by atoms with Crippen LogP contribution in [0.3, 0.4) is 0 Å². The fraction of sp³-hybridized carbons (Fsp3) is 0.0250. The van der Waals surface area contributed by atoms with Gasteiger partial charge in [0.1, 0.15) is 22.8 Å². The summed E-state index contributed by atoms with van der Waals surface area (Å²) in [6.07, 6.45) is 0. The molecule has 6 heteroatoms. The van der Waals surface area contributed by atoms with E-state index in [1.807, 2.05) is 24.3 Å². The minimum absolute atomic E-state index is 0.349. The van der Waals surface area contributed by atoms with Gasteiger partial charge in [0.25, 0.3) is 0 Å². The van der Waals surface area contributed by atoms with Gasteiger partial charge in [0.05, 0.1) is 0 Å². The van der Waals surface area contributed by atoms with E-state index in [2.05, 4.69) is 72.6 Å². The largest absolute Gasteiger partial charge is 0.455 e. The highest BCUT2D eigenvalue weighted by Gasteiger charge is 2.15. The molecule has 0 amide bonds. The number of aryl methyl sites for hydroxylation is 1. The zero-order valence-electron chi connectivity index (χ0n) is 24.7. The molecule has 0 aliphatic carbocycles. The molecule has 0 unspecified atom stereocenters. The summed E-state index contributed by atoms with van der Waals surface area (Å²) in [6.45, 7) is 2.06. The van der Waals surface area contributed by atoms with Crippen LogP contribution in [0.2, 0.25) is 0 Å². The molecule has 0 aliphatic heterocycles. The van der Waals surface area contributed by atoms with Crippen LogP contribution in [0.25, 0.3) is 78.4 Å². The Hall–Kier alpha value is -6.01. The Morgan fingerprint density at radius 2 is 0.978 bits per heavy atom. The van der Waals surface area contributed by atoms with Gasteiger partial charge in [-0.25, -0.2) is 23.7 Å². The van der Waals surface area contributed by atoms with E-state index >= 15 is 0 Å². The van der Waals surface area contributed by atoms with Crippen LogP contribution in [-0.2, 0) is 0 Å². The van der Waals surface area contributed by atoms with Gasteiger partial charge in [-0.2, -0.15) is 0 Å². The molecule has 0 fully saturated rings. The number of hydrogen-bond donors (Lipinski definition) is 0. The normalized spacial score (nSPS) is 11.4. The summed E-state index contributed by atoms with van der Waals surface area (Å²) in [5, 5.41) is 2.19. The standard InChI is InChI=1S/C40H25F2N3O/c1-24-11-20-34-35-10-4-9-33(37(35)46-36(34)21-24)29-7-2-5-27(22-29)28-6-3-8-30(23-28)40-44-38(25-12-16-31(41)17-13-25)43-39(45-40)26-14-18-32(42)19-15-26/h2-23H,1H3. The highest BCUT2D eigenvalue weighted by molar-refractivity contribution is 6.09. The van der Waals surface area contributed by atoms with E-state index in [9.17, 15) is 8.78 Å². The summed E-state index contributed by atoms with van der Waals surface area (Å²) >= 11 is 0. The highest BCUT2D eigenvalue weighted by Crippen LogP contribution is 2.37. The Morgan fingerprint density at radius 1 is 0.457 bits per heavy atom. The number of furan rings is 1. The first-order valence-electron chi connectivity index (χ1n) is 14.9. The van der Waals surface area contributed by atoms with Gasteiger partial charge >= 0.3 is 0 Å². The second-order valence-corrected chi connectivity index (χ2v) is 11.3. The molecule has 0 aliphatic rings. The summed E-state index contributed by atoms with van der Waals surface area (Å²) in [5.74, 6) is 0.544. The van der Waals surface area contributed by atoms with E-state index in [-0.39, 0.29) is 11.6 Å². The van der Waals surface area contributed by atoms with Crippen LogP contribution in [0.5, 0.6) is 0 Å². The number of aromatic nitrogens is 3. The lowest BCUT2D eigenvalue weighted by atomic mass is 9.96. The number of halogens is 2. The number of hydrogen-bond acceptors (Lipinski definition) is 4. The summed E-state index contributed by atoms with van der Waals surface area (Å²) < 4.78 is 33.8. The topological polar surface area (TPSA) is 51.8 Å². The third-order valence-electron chi connectivity index (χ3n) is 8.12. The van der Waals surface area contributed by atoms with Crippen molar-refractivity contribution in [1.82, 2.24) is 15.0 Å². The van der Waals surface area contributed by atoms with Gasteiger partial charge in [-0.15, -0.1) is 0 Å². The third-order valence-corrected chi connectivity index (χ3v) is 8.12. The average molecular weight is 602 g/mol. The molecule has 8 aromatic rings. The Kier molecular flexibility index (Phi) is 6.68. The van der Waals surface area contributed by atoms with Crippen molar-refractivity contribution >= 4 is 21.9 Å². The summed E-state index contributed by atoms with van der Waals surface area (Å²) in [4.78, 5) is 14.2. The lowest BCUT2D eigenvalue weighted by Crippen LogP contribution is -2.00. The van der Waals surface area contributed by atoms with Gasteiger partial charge < -0.3 is 4.42 Å². The molecular weight excluding hydrogens is 576 g/mol. The van der Waals surface area contributed by atoms with Crippen LogP contribution in [0, 0.1) is 18.6 Å². The van der Waals surface area contributed by atoms with Gasteiger partial charge in [0, 0.05) is 33.0 Å². The molecule has 0 bridgehead atoms. The quantitative estimate of drug-likeness (QED) is 0.197. The Bertz CT molecular complexity index is 2330. The Balaban J connectivity index is 1.22. The van der Waals surface area contributed by atoms with E-state index in [0.717, 1.165) is 55.3 Å². The first-order chi connectivity index (χ1) is 22.5. The molecule has 6 aromatic carbocycles. The van der Waals surface area contributed by atoms with Crippen LogP contribution in [0.1, 0.15) is 5.56 Å².